The molecule has 0 fully saturated rings. The fraction of sp³-hybridized carbons (Fsp3) is 0.100. The molecule has 0 spiro atoms. The molecule has 7 heteroatoms. The molecule has 0 unspecified atom stereocenters. The Morgan fingerprint density at radius 2 is 1.93 bits per heavy atom. The van der Waals surface area contributed by atoms with Crippen molar-refractivity contribution >= 4 is 34.3 Å². The van der Waals surface area contributed by atoms with Gasteiger partial charge < -0.3 is 0 Å². The molecule has 4 aromatic rings. The number of halogens is 1. The van der Waals surface area contributed by atoms with E-state index in [0.717, 1.165) is 11.1 Å². The summed E-state index contributed by atoms with van der Waals surface area (Å²) in [6, 6.07) is 14.8. The Bertz CT molecular complexity index is 1190. The monoisotopic (exact) mass is 394 g/mol. The van der Waals surface area contributed by atoms with E-state index in [-0.39, 0.29) is 5.56 Å². The molecule has 0 amide bonds. The molecule has 134 valence electrons. The second-order valence-electron chi connectivity index (χ2n) is 5.99. The third kappa shape index (κ3) is 3.59. The van der Waals surface area contributed by atoms with Crippen LogP contribution in [0.1, 0.15) is 11.1 Å². The maximum Gasteiger partial charge on any atom is 0.267 e. The van der Waals surface area contributed by atoms with Gasteiger partial charge in [0.15, 0.2) is 5.16 Å². The topological polar surface area (TPSA) is 60.7 Å². The number of pyridine rings is 2. The van der Waals surface area contributed by atoms with Crippen molar-refractivity contribution in [1.82, 2.24) is 19.5 Å². The molecule has 0 atom stereocenters. The van der Waals surface area contributed by atoms with Gasteiger partial charge in [-0.3, -0.25) is 4.79 Å². The Kier molecular flexibility index (Phi) is 4.92. The predicted octanol–water partition coefficient (Wildman–Crippen LogP) is 4.43. The van der Waals surface area contributed by atoms with Gasteiger partial charge in [0, 0.05) is 18.1 Å². The van der Waals surface area contributed by atoms with Gasteiger partial charge in [-0.05, 0) is 48.4 Å². The first kappa shape index (κ1) is 17.7. The lowest BCUT2D eigenvalue weighted by molar-refractivity contribution is 0.794. The predicted molar refractivity (Wildman–Crippen MR) is 109 cm³/mol. The summed E-state index contributed by atoms with van der Waals surface area (Å²) in [5, 5.41) is 1.58. The van der Waals surface area contributed by atoms with E-state index < -0.39 is 0 Å². The second-order valence-corrected chi connectivity index (χ2v) is 7.29. The van der Waals surface area contributed by atoms with Crippen LogP contribution < -0.4 is 5.56 Å². The number of benzene rings is 1. The molecule has 1 aromatic carbocycles. The number of nitrogens with zero attached hydrogens (tertiary/aromatic N) is 4. The summed E-state index contributed by atoms with van der Waals surface area (Å²) in [6.07, 6.45) is 3.34. The standard InChI is InChI=1S/C20H15ClN4OS/c1-13-8-10-22-17(11-13)25-19(26)15-6-2-3-7-16(15)24-20(25)27-12-14-5-4-9-23-18(14)21/h2-11H,12H2,1H3. The SMILES string of the molecule is Cc1ccnc(-n2c(SCc3cccnc3Cl)nc3ccccc3c2=O)c1. The van der Waals surface area contributed by atoms with Gasteiger partial charge in [0.1, 0.15) is 11.0 Å². The zero-order chi connectivity index (χ0) is 18.8. The van der Waals surface area contributed by atoms with Crippen LogP contribution in [0.3, 0.4) is 0 Å². The normalized spacial score (nSPS) is 11.0. The molecule has 0 N–H and O–H groups in total. The number of fused-ring (bicyclic) bond motifs is 1. The summed E-state index contributed by atoms with van der Waals surface area (Å²) in [7, 11) is 0. The maximum absolute atomic E-state index is 13.2. The Hall–Kier alpha value is -2.70. The van der Waals surface area contributed by atoms with Crippen molar-refractivity contribution in [1.29, 1.82) is 0 Å². The van der Waals surface area contributed by atoms with Gasteiger partial charge in [-0.15, -0.1) is 0 Å². The van der Waals surface area contributed by atoms with Crippen molar-refractivity contribution in [2.75, 3.05) is 0 Å². The lowest BCUT2D eigenvalue weighted by Crippen LogP contribution is -2.22. The molecule has 0 saturated heterocycles. The number of para-hydroxylation sites is 1. The minimum Gasteiger partial charge on any atom is -0.268 e. The van der Waals surface area contributed by atoms with Crippen LogP contribution in [0.5, 0.6) is 0 Å². The number of aromatic nitrogens is 4. The molecule has 3 aromatic heterocycles. The highest BCUT2D eigenvalue weighted by molar-refractivity contribution is 7.98. The molecule has 27 heavy (non-hydrogen) atoms. The largest absolute Gasteiger partial charge is 0.268 e. The molecule has 4 rings (SSSR count). The van der Waals surface area contributed by atoms with Gasteiger partial charge in [-0.25, -0.2) is 19.5 Å². The first-order chi connectivity index (χ1) is 13.1. The summed E-state index contributed by atoms with van der Waals surface area (Å²) in [4.78, 5) is 26.4. The second kappa shape index (κ2) is 7.50. The average Bonchev–Trinajstić information content (AvgIpc) is 2.67. The molecular weight excluding hydrogens is 380 g/mol. The minimum atomic E-state index is -0.140. The average molecular weight is 395 g/mol. The molecule has 0 radical (unpaired) electrons. The van der Waals surface area contributed by atoms with E-state index in [0.29, 0.717) is 32.8 Å². The number of thioether (sulfide) groups is 1. The van der Waals surface area contributed by atoms with Crippen LogP contribution >= 0.6 is 23.4 Å². The summed E-state index contributed by atoms with van der Waals surface area (Å²) in [5.74, 6) is 1.10. The number of hydrogen-bond donors (Lipinski definition) is 0. The Morgan fingerprint density at radius 3 is 2.74 bits per heavy atom. The number of aryl methyl sites for hydroxylation is 1. The van der Waals surface area contributed by atoms with Crippen LogP contribution in [0.2, 0.25) is 5.15 Å². The van der Waals surface area contributed by atoms with E-state index in [2.05, 4.69) is 9.97 Å². The highest BCUT2D eigenvalue weighted by Gasteiger charge is 2.15. The van der Waals surface area contributed by atoms with Crippen LogP contribution in [-0.4, -0.2) is 19.5 Å². The van der Waals surface area contributed by atoms with E-state index in [1.54, 1.807) is 23.0 Å². The molecule has 5 nitrogen and oxygen atoms in total. The highest BCUT2D eigenvalue weighted by Crippen LogP contribution is 2.26. The van der Waals surface area contributed by atoms with Crippen LogP contribution in [0.15, 0.2) is 70.9 Å². The molecule has 3 heterocycles. The van der Waals surface area contributed by atoms with Crippen LogP contribution in [0.25, 0.3) is 16.7 Å². The lowest BCUT2D eigenvalue weighted by atomic mass is 10.2. The lowest BCUT2D eigenvalue weighted by Gasteiger charge is -2.13. The Labute approximate surface area is 165 Å². The quantitative estimate of drug-likeness (QED) is 0.291. The van der Waals surface area contributed by atoms with E-state index in [1.807, 2.05) is 49.4 Å². The van der Waals surface area contributed by atoms with Gasteiger partial charge in [0.2, 0.25) is 0 Å². The van der Waals surface area contributed by atoms with Crippen LogP contribution in [0.4, 0.5) is 0 Å². The fourth-order valence-corrected chi connectivity index (χ4v) is 3.97. The van der Waals surface area contributed by atoms with E-state index in [9.17, 15) is 4.79 Å². The highest BCUT2D eigenvalue weighted by atomic mass is 35.5. The van der Waals surface area contributed by atoms with Gasteiger partial charge >= 0.3 is 0 Å². The molecular formula is C20H15ClN4OS. The van der Waals surface area contributed by atoms with Gasteiger partial charge in [0.25, 0.3) is 5.56 Å². The van der Waals surface area contributed by atoms with Gasteiger partial charge in [-0.1, -0.05) is 41.6 Å². The molecule has 0 bridgehead atoms. The smallest absolute Gasteiger partial charge is 0.267 e. The summed E-state index contributed by atoms with van der Waals surface area (Å²) in [6.45, 7) is 1.97. The van der Waals surface area contributed by atoms with E-state index in [4.69, 9.17) is 16.6 Å². The maximum atomic E-state index is 13.2. The molecule has 0 saturated carbocycles. The van der Waals surface area contributed by atoms with Crippen molar-refractivity contribution in [3.05, 3.63) is 87.6 Å². The van der Waals surface area contributed by atoms with Crippen molar-refractivity contribution in [3.63, 3.8) is 0 Å². The number of rotatable bonds is 4. The van der Waals surface area contributed by atoms with Gasteiger partial charge in [0.05, 0.1) is 10.9 Å². The third-order valence-electron chi connectivity index (χ3n) is 4.07. The van der Waals surface area contributed by atoms with Crippen molar-refractivity contribution in [2.24, 2.45) is 0 Å². The van der Waals surface area contributed by atoms with Gasteiger partial charge in [-0.2, -0.15) is 0 Å². The van der Waals surface area contributed by atoms with Crippen LogP contribution in [0, 0.1) is 6.92 Å². The molecule has 0 aliphatic heterocycles. The zero-order valence-electron chi connectivity index (χ0n) is 14.5. The summed E-state index contributed by atoms with van der Waals surface area (Å²) >= 11 is 7.60. The van der Waals surface area contributed by atoms with Crippen molar-refractivity contribution < 1.29 is 0 Å². The van der Waals surface area contributed by atoms with E-state index in [1.165, 1.54) is 11.8 Å². The summed E-state index contributed by atoms with van der Waals surface area (Å²) in [5.41, 5.74) is 2.42. The molecule has 0 aliphatic carbocycles. The van der Waals surface area contributed by atoms with Crippen molar-refractivity contribution in [3.8, 4) is 5.82 Å². The molecule has 0 aliphatic rings. The third-order valence-corrected chi connectivity index (χ3v) is 5.40. The van der Waals surface area contributed by atoms with E-state index >= 15 is 0 Å². The number of hydrogen-bond acceptors (Lipinski definition) is 5. The Morgan fingerprint density at radius 1 is 1.07 bits per heavy atom. The van der Waals surface area contributed by atoms with Crippen molar-refractivity contribution in [2.45, 2.75) is 17.8 Å². The summed E-state index contributed by atoms with van der Waals surface area (Å²) < 4.78 is 1.56. The first-order valence-corrected chi connectivity index (χ1v) is 9.67. The van der Waals surface area contributed by atoms with Crippen LogP contribution in [-0.2, 0) is 5.75 Å². The zero-order valence-corrected chi connectivity index (χ0v) is 16.0. The fourth-order valence-electron chi connectivity index (χ4n) is 2.72. The minimum absolute atomic E-state index is 0.140. The first-order valence-electron chi connectivity index (χ1n) is 8.30. The Balaban J connectivity index is 1.86.